The Balaban J connectivity index is 1.85. The second-order valence-corrected chi connectivity index (χ2v) is 7.20. The highest BCUT2D eigenvalue weighted by Crippen LogP contribution is 2.23. The molecule has 1 saturated heterocycles. The van der Waals surface area contributed by atoms with Crippen molar-refractivity contribution in [3.05, 3.63) is 20.8 Å². The zero-order chi connectivity index (χ0) is 12.3. The van der Waals surface area contributed by atoms with Gasteiger partial charge in [0.1, 0.15) is 0 Å². The van der Waals surface area contributed by atoms with Crippen LogP contribution < -0.4 is 5.73 Å². The summed E-state index contributed by atoms with van der Waals surface area (Å²) in [6.45, 7) is 3.49. The van der Waals surface area contributed by atoms with Gasteiger partial charge in [-0.05, 0) is 52.8 Å². The van der Waals surface area contributed by atoms with Gasteiger partial charge in [0.25, 0.3) is 0 Å². The van der Waals surface area contributed by atoms with E-state index < -0.39 is 0 Å². The first-order valence-corrected chi connectivity index (χ1v) is 7.53. The number of likely N-dealkylation sites (N-methyl/N-ethyl adjacent to an activating group) is 1. The summed E-state index contributed by atoms with van der Waals surface area (Å²) in [4.78, 5) is 2.31. The highest BCUT2D eigenvalue weighted by atomic mass is 79.9. The Labute approximate surface area is 115 Å². The summed E-state index contributed by atoms with van der Waals surface area (Å²) < 4.78 is 6.55. The van der Waals surface area contributed by atoms with E-state index in [0.29, 0.717) is 0 Å². The predicted octanol–water partition coefficient (Wildman–Crippen LogP) is 2.45. The second-order valence-electron chi connectivity index (χ2n) is 4.91. The smallest absolute Gasteiger partial charge is 0.0701 e. The van der Waals surface area contributed by atoms with E-state index in [4.69, 9.17) is 10.5 Å². The van der Waals surface area contributed by atoms with Gasteiger partial charge in [-0.2, -0.15) is 0 Å². The van der Waals surface area contributed by atoms with Crippen LogP contribution in [-0.4, -0.2) is 37.2 Å². The molecule has 0 atom stereocenters. The van der Waals surface area contributed by atoms with Crippen LogP contribution in [0.25, 0.3) is 0 Å². The molecule has 0 bridgehead atoms. The SMILES string of the molecule is CN(Cc1csc(Br)c1)CC1(N)CCOCC1. The molecule has 0 aliphatic carbocycles. The van der Waals surface area contributed by atoms with E-state index in [0.717, 1.165) is 39.1 Å². The lowest BCUT2D eigenvalue weighted by Crippen LogP contribution is -2.52. The quantitative estimate of drug-likeness (QED) is 0.926. The maximum atomic E-state index is 6.39. The van der Waals surface area contributed by atoms with Gasteiger partial charge in [-0.15, -0.1) is 11.3 Å². The Morgan fingerprint density at radius 3 is 2.82 bits per heavy atom. The molecule has 3 nitrogen and oxygen atoms in total. The maximum absolute atomic E-state index is 6.39. The molecule has 1 aliphatic heterocycles. The van der Waals surface area contributed by atoms with E-state index in [9.17, 15) is 0 Å². The third kappa shape index (κ3) is 4.03. The molecule has 5 heteroatoms. The fourth-order valence-corrected chi connectivity index (χ4v) is 3.47. The van der Waals surface area contributed by atoms with E-state index in [1.165, 1.54) is 9.35 Å². The van der Waals surface area contributed by atoms with Crippen molar-refractivity contribution < 1.29 is 4.74 Å². The summed E-state index contributed by atoms with van der Waals surface area (Å²) in [6.07, 6.45) is 1.93. The normalized spacial score (nSPS) is 19.8. The van der Waals surface area contributed by atoms with Gasteiger partial charge in [0, 0.05) is 31.8 Å². The average Bonchev–Trinajstić information content (AvgIpc) is 2.63. The summed E-state index contributed by atoms with van der Waals surface area (Å²) in [6, 6.07) is 2.17. The predicted molar refractivity (Wildman–Crippen MR) is 75.3 cm³/mol. The van der Waals surface area contributed by atoms with Crippen LogP contribution in [-0.2, 0) is 11.3 Å². The molecular weight excluding hydrogens is 300 g/mol. The molecule has 0 saturated carbocycles. The van der Waals surface area contributed by atoms with Crippen LogP contribution in [0.15, 0.2) is 15.2 Å². The number of hydrogen-bond acceptors (Lipinski definition) is 4. The fraction of sp³-hybridized carbons (Fsp3) is 0.667. The molecule has 2 rings (SSSR count). The standard InChI is InChI=1S/C12H19BrN2OS/c1-15(7-10-6-11(13)17-8-10)9-12(14)2-4-16-5-3-12/h6,8H,2-5,7,9,14H2,1H3. The zero-order valence-corrected chi connectivity index (χ0v) is 12.5. The van der Waals surface area contributed by atoms with Crippen molar-refractivity contribution in [2.45, 2.75) is 24.9 Å². The van der Waals surface area contributed by atoms with Crippen molar-refractivity contribution in [1.29, 1.82) is 0 Å². The lowest BCUT2D eigenvalue weighted by molar-refractivity contribution is 0.0403. The molecular formula is C12H19BrN2OS. The van der Waals surface area contributed by atoms with E-state index in [1.54, 1.807) is 11.3 Å². The lowest BCUT2D eigenvalue weighted by atomic mass is 9.91. The number of halogens is 1. The minimum Gasteiger partial charge on any atom is -0.381 e. The van der Waals surface area contributed by atoms with Crippen LogP contribution in [0.1, 0.15) is 18.4 Å². The highest BCUT2D eigenvalue weighted by molar-refractivity contribution is 9.11. The fourth-order valence-electron chi connectivity index (χ4n) is 2.27. The number of rotatable bonds is 4. The van der Waals surface area contributed by atoms with E-state index in [-0.39, 0.29) is 5.54 Å². The summed E-state index contributed by atoms with van der Waals surface area (Å²) in [7, 11) is 2.13. The molecule has 0 radical (unpaired) electrons. The largest absolute Gasteiger partial charge is 0.381 e. The zero-order valence-electron chi connectivity index (χ0n) is 10.1. The van der Waals surface area contributed by atoms with Gasteiger partial charge in [-0.1, -0.05) is 0 Å². The maximum Gasteiger partial charge on any atom is 0.0701 e. The van der Waals surface area contributed by atoms with Crippen molar-refractivity contribution in [3.8, 4) is 0 Å². The summed E-state index contributed by atoms with van der Waals surface area (Å²) >= 11 is 5.22. The minimum absolute atomic E-state index is 0.0692. The third-order valence-electron chi connectivity index (χ3n) is 3.15. The summed E-state index contributed by atoms with van der Waals surface area (Å²) in [5.41, 5.74) is 7.67. The Bertz CT molecular complexity index is 363. The molecule has 2 heterocycles. The molecule has 17 heavy (non-hydrogen) atoms. The lowest BCUT2D eigenvalue weighted by Gasteiger charge is -2.36. The molecule has 0 amide bonds. The number of ether oxygens (including phenoxy) is 1. The van der Waals surface area contributed by atoms with Crippen LogP contribution in [0, 0.1) is 0 Å². The van der Waals surface area contributed by atoms with Gasteiger partial charge in [0.15, 0.2) is 0 Å². The van der Waals surface area contributed by atoms with Crippen molar-refractivity contribution in [2.24, 2.45) is 5.73 Å². The van der Waals surface area contributed by atoms with Crippen molar-refractivity contribution in [1.82, 2.24) is 4.90 Å². The number of thiophene rings is 1. The third-order valence-corrected chi connectivity index (χ3v) is 4.70. The van der Waals surface area contributed by atoms with Gasteiger partial charge < -0.3 is 15.4 Å². The minimum atomic E-state index is -0.0692. The van der Waals surface area contributed by atoms with E-state index >= 15 is 0 Å². The second kappa shape index (κ2) is 5.80. The van der Waals surface area contributed by atoms with Gasteiger partial charge in [0.05, 0.1) is 3.79 Å². The molecule has 1 aromatic heterocycles. The van der Waals surface area contributed by atoms with E-state index in [1.807, 2.05) is 0 Å². The summed E-state index contributed by atoms with van der Waals surface area (Å²) in [5.74, 6) is 0. The molecule has 0 spiro atoms. The number of nitrogens with two attached hydrogens (primary N) is 1. The van der Waals surface area contributed by atoms with Gasteiger partial charge in [0.2, 0.25) is 0 Å². The Hall–Kier alpha value is 0.0600. The monoisotopic (exact) mass is 318 g/mol. The van der Waals surface area contributed by atoms with Crippen LogP contribution in [0.4, 0.5) is 0 Å². The molecule has 0 aromatic carbocycles. The van der Waals surface area contributed by atoms with Crippen LogP contribution in [0.5, 0.6) is 0 Å². The van der Waals surface area contributed by atoms with Crippen LogP contribution in [0.2, 0.25) is 0 Å². The van der Waals surface area contributed by atoms with Crippen LogP contribution >= 0.6 is 27.3 Å². The first kappa shape index (κ1) is 13.5. The Kier molecular flexibility index (Phi) is 4.60. The molecule has 1 aromatic rings. The first-order valence-electron chi connectivity index (χ1n) is 5.85. The van der Waals surface area contributed by atoms with E-state index in [2.05, 4.69) is 39.3 Å². The molecule has 0 unspecified atom stereocenters. The average molecular weight is 319 g/mol. The number of nitrogens with zero attached hydrogens (tertiary/aromatic N) is 1. The van der Waals surface area contributed by atoms with Crippen molar-refractivity contribution >= 4 is 27.3 Å². The molecule has 96 valence electrons. The molecule has 1 fully saturated rings. The topological polar surface area (TPSA) is 38.5 Å². The molecule has 2 N–H and O–H groups in total. The highest BCUT2D eigenvalue weighted by Gasteiger charge is 2.29. The van der Waals surface area contributed by atoms with Crippen LogP contribution in [0.3, 0.4) is 0 Å². The van der Waals surface area contributed by atoms with Gasteiger partial charge >= 0.3 is 0 Å². The van der Waals surface area contributed by atoms with Crippen molar-refractivity contribution in [2.75, 3.05) is 26.8 Å². The Morgan fingerprint density at radius 2 is 2.24 bits per heavy atom. The molecule has 1 aliphatic rings. The summed E-state index contributed by atoms with van der Waals surface area (Å²) in [5, 5.41) is 2.19. The van der Waals surface area contributed by atoms with Crippen molar-refractivity contribution in [3.63, 3.8) is 0 Å². The number of hydrogen-bond donors (Lipinski definition) is 1. The first-order chi connectivity index (χ1) is 8.07. The Morgan fingerprint density at radius 1 is 1.53 bits per heavy atom. The van der Waals surface area contributed by atoms with Gasteiger partial charge in [-0.25, -0.2) is 0 Å². The van der Waals surface area contributed by atoms with Gasteiger partial charge in [-0.3, -0.25) is 0 Å².